The molecule has 4 heteroatoms. The van der Waals surface area contributed by atoms with Gasteiger partial charge >= 0.3 is 0 Å². The first kappa shape index (κ1) is 13.3. The largest absolute Gasteiger partial charge is 0.393 e. The second-order valence-corrected chi connectivity index (χ2v) is 5.74. The number of aliphatic hydroxyl groups is 1. The van der Waals surface area contributed by atoms with Crippen molar-refractivity contribution < 1.29 is 5.11 Å². The van der Waals surface area contributed by atoms with E-state index in [2.05, 4.69) is 27.6 Å². The minimum Gasteiger partial charge on any atom is -0.393 e. The normalized spacial score (nSPS) is 22.9. The van der Waals surface area contributed by atoms with Crippen molar-refractivity contribution in [3.05, 3.63) is 30.0 Å². The van der Waals surface area contributed by atoms with Gasteiger partial charge in [0.05, 0.1) is 11.8 Å². The fraction of sp³-hybridized carbons (Fsp3) is 0.500. The quantitative estimate of drug-likeness (QED) is 0.901. The zero-order chi connectivity index (χ0) is 13.9. The molecule has 1 aliphatic rings. The zero-order valence-electron chi connectivity index (χ0n) is 11.8. The molecule has 1 heterocycles. The number of hydrogen-bond donors (Lipinski definition) is 2. The lowest BCUT2D eigenvalue weighted by Gasteiger charge is -2.25. The molecule has 2 aromatic rings. The summed E-state index contributed by atoms with van der Waals surface area (Å²) in [5, 5.41) is 23.8. The Kier molecular flexibility index (Phi) is 3.83. The van der Waals surface area contributed by atoms with Crippen molar-refractivity contribution in [2.24, 2.45) is 5.92 Å². The van der Waals surface area contributed by atoms with Crippen molar-refractivity contribution in [1.29, 1.82) is 0 Å². The summed E-state index contributed by atoms with van der Waals surface area (Å²) >= 11 is 0. The van der Waals surface area contributed by atoms with E-state index in [-0.39, 0.29) is 6.10 Å². The van der Waals surface area contributed by atoms with Gasteiger partial charge < -0.3 is 10.4 Å². The topological polar surface area (TPSA) is 58.0 Å². The van der Waals surface area contributed by atoms with Crippen LogP contribution in [-0.2, 0) is 0 Å². The van der Waals surface area contributed by atoms with Crippen molar-refractivity contribution in [3.8, 4) is 0 Å². The monoisotopic (exact) mass is 271 g/mol. The Bertz CT molecular complexity index is 591. The van der Waals surface area contributed by atoms with E-state index >= 15 is 0 Å². The van der Waals surface area contributed by atoms with Crippen molar-refractivity contribution in [3.63, 3.8) is 0 Å². The van der Waals surface area contributed by atoms with E-state index in [4.69, 9.17) is 0 Å². The Morgan fingerprint density at radius 2 is 1.80 bits per heavy atom. The third kappa shape index (κ3) is 2.75. The molecular weight excluding hydrogens is 250 g/mol. The number of nitrogens with one attached hydrogen (secondary N) is 1. The molecule has 20 heavy (non-hydrogen) atoms. The molecular formula is C16H21N3O. The van der Waals surface area contributed by atoms with Crippen LogP contribution in [0.2, 0.25) is 0 Å². The van der Waals surface area contributed by atoms with Crippen molar-refractivity contribution >= 4 is 16.6 Å². The summed E-state index contributed by atoms with van der Waals surface area (Å²) in [5.74, 6) is 1.50. The highest BCUT2D eigenvalue weighted by Crippen LogP contribution is 2.26. The smallest absolute Gasteiger partial charge is 0.156 e. The molecule has 2 N–H and O–H groups in total. The first-order chi connectivity index (χ1) is 9.74. The fourth-order valence-electron chi connectivity index (χ4n) is 2.96. The van der Waals surface area contributed by atoms with Crippen LogP contribution in [0.3, 0.4) is 0 Å². The number of aryl methyl sites for hydroxylation is 1. The van der Waals surface area contributed by atoms with Crippen molar-refractivity contribution in [2.75, 3.05) is 11.9 Å². The first-order valence-corrected chi connectivity index (χ1v) is 7.38. The van der Waals surface area contributed by atoms with E-state index in [0.29, 0.717) is 5.92 Å². The van der Waals surface area contributed by atoms with Gasteiger partial charge in [0.25, 0.3) is 0 Å². The summed E-state index contributed by atoms with van der Waals surface area (Å²) in [7, 11) is 0. The minimum atomic E-state index is -0.0914. The molecule has 0 aliphatic heterocycles. The molecule has 3 rings (SSSR count). The number of hydrogen-bond acceptors (Lipinski definition) is 4. The highest BCUT2D eigenvalue weighted by atomic mass is 16.3. The Labute approximate surface area is 119 Å². The number of fused-ring (bicyclic) bond motifs is 1. The van der Waals surface area contributed by atoms with Gasteiger partial charge in [0.1, 0.15) is 0 Å². The predicted octanol–water partition coefficient (Wildman–Crippen LogP) is 2.90. The van der Waals surface area contributed by atoms with Gasteiger partial charge in [0, 0.05) is 17.3 Å². The van der Waals surface area contributed by atoms with E-state index in [1.54, 1.807) is 0 Å². The van der Waals surface area contributed by atoms with Crippen LogP contribution in [0, 0.1) is 12.8 Å². The minimum absolute atomic E-state index is 0.0914. The van der Waals surface area contributed by atoms with Crippen LogP contribution in [0.15, 0.2) is 24.3 Å². The van der Waals surface area contributed by atoms with Crippen LogP contribution in [-0.4, -0.2) is 28.0 Å². The number of nitrogens with zero attached hydrogens (tertiary/aromatic N) is 2. The fourth-order valence-corrected chi connectivity index (χ4v) is 2.96. The Hall–Kier alpha value is -1.68. The summed E-state index contributed by atoms with van der Waals surface area (Å²) < 4.78 is 0. The Morgan fingerprint density at radius 1 is 1.10 bits per heavy atom. The van der Waals surface area contributed by atoms with Crippen LogP contribution >= 0.6 is 0 Å². The zero-order valence-corrected chi connectivity index (χ0v) is 11.8. The average molecular weight is 271 g/mol. The van der Waals surface area contributed by atoms with Crippen LogP contribution < -0.4 is 5.32 Å². The van der Waals surface area contributed by atoms with Gasteiger partial charge in [-0.25, -0.2) is 0 Å². The van der Waals surface area contributed by atoms with Gasteiger partial charge in [-0.2, -0.15) is 5.10 Å². The van der Waals surface area contributed by atoms with E-state index in [0.717, 1.165) is 54.5 Å². The second-order valence-electron chi connectivity index (χ2n) is 5.74. The molecule has 0 amide bonds. The number of aromatic nitrogens is 2. The maximum absolute atomic E-state index is 9.54. The first-order valence-electron chi connectivity index (χ1n) is 7.38. The molecule has 1 fully saturated rings. The second kappa shape index (κ2) is 5.75. The molecule has 0 radical (unpaired) electrons. The van der Waals surface area contributed by atoms with Gasteiger partial charge in [0.2, 0.25) is 0 Å². The average Bonchev–Trinajstić information content (AvgIpc) is 2.49. The molecule has 1 aliphatic carbocycles. The summed E-state index contributed by atoms with van der Waals surface area (Å²) in [6.45, 7) is 2.90. The van der Waals surface area contributed by atoms with Crippen LogP contribution in [0.25, 0.3) is 10.8 Å². The highest BCUT2D eigenvalue weighted by molar-refractivity contribution is 5.92. The SMILES string of the molecule is Cc1nnc(NCC2CCC(O)CC2)c2ccccc12. The molecule has 0 saturated heterocycles. The number of rotatable bonds is 3. The number of aliphatic hydroxyl groups excluding tert-OH is 1. The molecule has 0 unspecified atom stereocenters. The van der Waals surface area contributed by atoms with E-state index < -0.39 is 0 Å². The molecule has 4 nitrogen and oxygen atoms in total. The molecule has 0 spiro atoms. The predicted molar refractivity (Wildman–Crippen MR) is 80.7 cm³/mol. The summed E-state index contributed by atoms with van der Waals surface area (Å²) in [4.78, 5) is 0. The Morgan fingerprint density at radius 3 is 2.55 bits per heavy atom. The van der Waals surface area contributed by atoms with Crippen LogP contribution in [0.4, 0.5) is 5.82 Å². The third-order valence-corrected chi connectivity index (χ3v) is 4.25. The van der Waals surface area contributed by atoms with Crippen LogP contribution in [0.1, 0.15) is 31.4 Å². The van der Waals surface area contributed by atoms with Gasteiger partial charge in [-0.3, -0.25) is 0 Å². The van der Waals surface area contributed by atoms with Gasteiger partial charge in [-0.1, -0.05) is 24.3 Å². The van der Waals surface area contributed by atoms with Crippen molar-refractivity contribution in [1.82, 2.24) is 10.2 Å². The Balaban J connectivity index is 1.73. The highest BCUT2D eigenvalue weighted by Gasteiger charge is 2.19. The molecule has 0 bridgehead atoms. The molecule has 1 aromatic heterocycles. The third-order valence-electron chi connectivity index (χ3n) is 4.25. The van der Waals surface area contributed by atoms with E-state index in [1.165, 1.54) is 0 Å². The lowest BCUT2D eigenvalue weighted by Crippen LogP contribution is -2.24. The molecule has 106 valence electrons. The van der Waals surface area contributed by atoms with E-state index in [9.17, 15) is 5.11 Å². The van der Waals surface area contributed by atoms with Gasteiger partial charge in [-0.05, 0) is 38.5 Å². The van der Waals surface area contributed by atoms with E-state index in [1.807, 2.05) is 19.1 Å². The molecule has 1 aromatic carbocycles. The lowest BCUT2D eigenvalue weighted by molar-refractivity contribution is 0.111. The lowest BCUT2D eigenvalue weighted by atomic mass is 9.87. The van der Waals surface area contributed by atoms with Gasteiger partial charge in [0.15, 0.2) is 5.82 Å². The van der Waals surface area contributed by atoms with Gasteiger partial charge in [-0.15, -0.1) is 5.10 Å². The number of anilines is 1. The maximum atomic E-state index is 9.54. The molecule has 1 saturated carbocycles. The van der Waals surface area contributed by atoms with Crippen molar-refractivity contribution in [2.45, 2.75) is 38.7 Å². The standard InChI is InChI=1S/C16H21N3O/c1-11-14-4-2-3-5-15(14)16(19-18-11)17-10-12-6-8-13(20)9-7-12/h2-5,12-13,20H,6-10H2,1H3,(H,17,19). The summed E-state index contributed by atoms with van der Waals surface area (Å²) in [6, 6.07) is 8.24. The number of benzene rings is 1. The maximum Gasteiger partial charge on any atom is 0.156 e. The summed E-state index contributed by atoms with van der Waals surface area (Å²) in [6.07, 6.45) is 3.93. The summed E-state index contributed by atoms with van der Waals surface area (Å²) in [5.41, 5.74) is 0.965. The van der Waals surface area contributed by atoms with Crippen LogP contribution in [0.5, 0.6) is 0 Å². The molecule has 0 atom stereocenters.